The van der Waals surface area contributed by atoms with Crippen LogP contribution in [0.5, 0.6) is 0 Å². The lowest BCUT2D eigenvalue weighted by Crippen LogP contribution is -2.32. The average molecular weight is 392 g/mol. The molecule has 0 aliphatic rings. The first-order valence-corrected chi connectivity index (χ1v) is 8.21. The fourth-order valence-corrected chi connectivity index (χ4v) is 2.37. The molecule has 0 unspecified atom stereocenters. The van der Waals surface area contributed by atoms with Gasteiger partial charge in [-0.15, -0.1) is 0 Å². The fourth-order valence-electron chi connectivity index (χ4n) is 2.10. The number of hydrogen-bond donors (Lipinski definition) is 2. The summed E-state index contributed by atoms with van der Waals surface area (Å²) in [5, 5.41) is 12.6. The second kappa shape index (κ2) is 8.61. The lowest BCUT2D eigenvalue weighted by Gasteiger charge is -2.15. The van der Waals surface area contributed by atoms with Crippen molar-refractivity contribution in [2.45, 2.75) is 19.1 Å². The van der Waals surface area contributed by atoms with Gasteiger partial charge in [0.25, 0.3) is 5.91 Å². The molecule has 0 aliphatic heterocycles. The standard InChI is InChI=1S/C18H18BrNO4/c1-12(13-7-9-15(19)10-8-13)20-16(21)11-24-18(23)17(22)14-5-3-2-4-6-14/h2-10,12,17,22H,11H2,1H3,(H,20,21)/t12-,17-/m1/s1. The molecule has 2 aromatic carbocycles. The molecule has 0 heterocycles. The maximum Gasteiger partial charge on any atom is 0.340 e. The van der Waals surface area contributed by atoms with Crippen molar-refractivity contribution in [3.05, 3.63) is 70.2 Å². The number of nitrogens with one attached hydrogen (secondary N) is 1. The van der Waals surface area contributed by atoms with E-state index in [0.717, 1.165) is 10.0 Å². The van der Waals surface area contributed by atoms with Crippen LogP contribution in [0.4, 0.5) is 0 Å². The number of benzene rings is 2. The van der Waals surface area contributed by atoms with Gasteiger partial charge < -0.3 is 15.2 Å². The Morgan fingerprint density at radius 1 is 1.08 bits per heavy atom. The van der Waals surface area contributed by atoms with Crippen molar-refractivity contribution in [2.24, 2.45) is 0 Å². The van der Waals surface area contributed by atoms with Crippen molar-refractivity contribution in [2.75, 3.05) is 6.61 Å². The molecule has 0 saturated heterocycles. The molecule has 5 nitrogen and oxygen atoms in total. The number of amides is 1. The van der Waals surface area contributed by atoms with Crippen molar-refractivity contribution in [1.29, 1.82) is 0 Å². The third-order valence-electron chi connectivity index (χ3n) is 3.43. The number of hydrogen-bond acceptors (Lipinski definition) is 4. The number of halogens is 1. The first-order chi connectivity index (χ1) is 11.5. The molecule has 6 heteroatoms. The average Bonchev–Trinajstić information content (AvgIpc) is 2.60. The number of ether oxygens (including phenoxy) is 1. The highest BCUT2D eigenvalue weighted by Gasteiger charge is 2.20. The van der Waals surface area contributed by atoms with Crippen molar-refractivity contribution < 1.29 is 19.4 Å². The molecule has 0 bridgehead atoms. The molecule has 2 atom stereocenters. The Kier molecular flexibility index (Phi) is 6.52. The van der Waals surface area contributed by atoms with Gasteiger partial charge in [-0.3, -0.25) is 4.79 Å². The van der Waals surface area contributed by atoms with E-state index >= 15 is 0 Å². The molecular formula is C18H18BrNO4. The molecule has 0 fully saturated rings. The van der Waals surface area contributed by atoms with Crippen molar-refractivity contribution in [3.8, 4) is 0 Å². The van der Waals surface area contributed by atoms with Crippen LogP contribution in [0.3, 0.4) is 0 Å². The van der Waals surface area contributed by atoms with E-state index in [0.29, 0.717) is 5.56 Å². The zero-order chi connectivity index (χ0) is 17.5. The molecule has 0 aliphatic carbocycles. The van der Waals surface area contributed by atoms with Gasteiger partial charge in [0, 0.05) is 4.47 Å². The smallest absolute Gasteiger partial charge is 0.340 e. The molecule has 126 valence electrons. The van der Waals surface area contributed by atoms with Gasteiger partial charge in [-0.2, -0.15) is 0 Å². The Labute approximate surface area is 148 Å². The fraction of sp³-hybridized carbons (Fsp3) is 0.222. The predicted octanol–water partition coefficient (Wildman–Crippen LogP) is 2.90. The van der Waals surface area contributed by atoms with Gasteiger partial charge in [-0.05, 0) is 30.2 Å². The molecule has 2 aromatic rings. The number of carbonyl (C=O) groups is 2. The summed E-state index contributed by atoms with van der Waals surface area (Å²) in [6.07, 6.45) is -1.40. The van der Waals surface area contributed by atoms with Gasteiger partial charge in [0.15, 0.2) is 12.7 Å². The summed E-state index contributed by atoms with van der Waals surface area (Å²) < 4.78 is 5.82. The Morgan fingerprint density at radius 3 is 2.33 bits per heavy atom. The van der Waals surface area contributed by atoms with Gasteiger partial charge in [-0.1, -0.05) is 58.4 Å². The summed E-state index contributed by atoms with van der Waals surface area (Å²) in [4.78, 5) is 23.7. The zero-order valence-electron chi connectivity index (χ0n) is 13.1. The van der Waals surface area contributed by atoms with Crippen molar-refractivity contribution in [3.63, 3.8) is 0 Å². The van der Waals surface area contributed by atoms with E-state index in [4.69, 9.17) is 4.74 Å². The van der Waals surface area contributed by atoms with E-state index in [1.807, 2.05) is 31.2 Å². The summed E-state index contributed by atoms with van der Waals surface area (Å²) in [6, 6.07) is 15.7. The highest BCUT2D eigenvalue weighted by molar-refractivity contribution is 9.10. The number of esters is 1. The summed E-state index contributed by atoms with van der Waals surface area (Å²) in [5.74, 6) is -1.29. The second-order valence-corrected chi connectivity index (χ2v) is 6.18. The van der Waals surface area contributed by atoms with Crippen LogP contribution >= 0.6 is 15.9 Å². The molecule has 24 heavy (non-hydrogen) atoms. The largest absolute Gasteiger partial charge is 0.453 e. The van der Waals surface area contributed by atoms with E-state index in [-0.39, 0.29) is 6.04 Å². The first kappa shape index (κ1) is 18.2. The van der Waals surface area contributed by atoms with Gasteiger partial charge in [0.05, 0.1) is 6.04 Å². The molecule has 2 N–H and O–H groups in total. The van der Waals surface area contributed by atoms with Crippen LogP contribution in [-0.2, 0) is 14.3 Å². The highest BCUT2D eigenvalue weighted by atomic mass is 79.9. The minimum Gasteiger partial charge on any atom is -0.453 e. The molecule has 0 spiro atoms. The van der Waals surface area contributed by atoms with Crippen molar-refractivity contribution >= 4 is 27.8 Å². The Balaban J connectivity index is 1.82. The Hall–Kier alpha value is -2.18. The van der Waals surface area contributed by atoms with E-state index in [9.17, 15) is 14.7 Å². The zero-order valence-corrected chi connectivity index (χ0v) is 14.7. The second-order valence-electron chi connectivity index (χ2n) is 5.26. The number of aliphatic hydroxyl groups is 1. The lowest BCUT2D eigenvalue weighted by molar-refractivity contribution is -0.157. The van der Waals surface area contributed by atoms with E-state index in [1.54, 1.807) is 30.3 Å². The van der Waals surface area contributed by atoms with Crippen LogP contribution in [-0.4, -0.2) is 23.6 Å². The van der Waals surface area contributed by atoms with Crippen LogP contribution < -0.4 is 5.32 Å². The lowest BCUT2D eigenvalue weighted by atomic mass is 10.1. The van der Waals surface area contributed by atoms with Gasteiger partial charge >= 0.3 is 5.97 Å². The van der Waals surface area contributed by atoms with Crippen LogP contribution in [0.1, 0.15) is 30.2 Å². The van der Waals surface area contributed by atoms with Crippen LogP contribution in [0.25, 0.3) is 0 Å². The minimum absolute atomic E-state index is 0.219. The molecular weight excluding hydrogens is 374 g/mol. The number of aliphatic hydroxyl groups excluding tert-OH is 1. The number of carbonyl (C=O) groups excluding carboxylic acids is 2. The normalized spacial score (nSPS) is 13.0. The molecule has 1 amide bonds. The molecule has 0 saturated carbocycles. The SMILES string of the molecule is C[C@@H](NC(=O)COC(=O)[C@H](O)c1ccccc1)c1ccc(Br)cc1. The maximum atomic E-state index is 11.9. The first-order valence-electron chi connectivity index (χ1n) is 7.42. The van der Waals surface area contributed by atoms with Gasteiger partial charge in [0.1, 0.15) is 0 Å². The van der Waals surface area contributed by atoms with Gasteiger partial charge in [-0.25, -0.2) is 4.79 Å². The molecule has 0 radical (unpaired) electrons. The van der Waals surface area contributed by atoms with Gasteiger partial charge in [0.2, 0.25) is 0 Å². The Bertz CT molecular complexity index is 688. The molecule has 0 aromatic heterocycles. The summed E-state index contributed by atoms with van der Waals surface area (Å²) in [6.45, 7) is 1.39. The summed E-state index contributed by atoms with van der Waals surface area (Å²) in [5.41, 5.74) is 1.35. The van der Waals surface area contributed by atoms with Crippen LogP contribution in [0.2, 0.25) is 0 Å². The quantitative estimate of drug-likeness (QED) is 0.742. The number of rotatable bonds is 6. The van der Waals surface area contributed by atoms with Crippen molar-refractivity contribution in [1.82, 2.24) is 5.32 Å². The van der Waals surface area contributed by atoms with Crippen LogP contribution in [0, 0.1) is 0 Å². The predicted molar refractivity (Wildman–Crippen MR) is 93.1 cm³/mol. The monoisotopic (exact) mass is 391 g/mol. The third-order valence-corrected chi connectivity index (χ3v) is 3.96. The van der Waals surface area contributed by atoms with Crippen LogP contribution in [0.15, 0.2) is 59.1 Å². The Morgan fingerprint density at radius 2 is 1.71 bits per heavy atom. The van der Waals surface area contributed by atoms with E-state index in [1.165, 1.54) is 0 Å². The minimum atomic E-state index is -1.40. The topological polar surface area (TPSA) is 75.6 Å². The van der Waals surface area contributed by atoms with E-state index in [2.05, 4.69) is 21.2 Å². The maximum absolute atomic E-state index is 11.9. The highest BCUT2D eigenvalue weighted by Crippen LogP contribution is 2.17. The summed E-state index contributed by atoms with van der Waals surface area (Å²) in [7, 11) is 0. The third kappa shape index (κ3) is 5.18. The molecule has 2 rings (SSSR count). The van der Waals surface area contributed by atoms with E-state index < -0.39 is 24.6 Å². The summed E-state index contributed by atoms with van der Waals surface area (Å²) >= 11 is 3.35.